The fraction of sp³-hybridized carbons (Fsp3) is 0.375. The van der Waals surface area contributed by atoms with Crippen molar-refractivity contribution in [3.8, 4) is 22.6 Å². The summed E-state index contributed by atoms with van der Waals surface area (Å²) < 4.78 is 17.3. The smallest absolute Gasteiger partial charge is 0.190 e. The molecule has 3 rings (SSSR count). The van der Waals surface area contributed by atoms with Gasteiger partial charge in [-0.05, 0) is 62.6 Å². The van der Waals surface area contributed by atoms with Crippen LogP contribution in [0.25, 0.3) is 21.9 Å². The molecule has 4 heteroatoms. The van der Waals surface area contributed by atoms with Gasteiger partial charge in [0.25, 0.3) is 0 Å². The predicted octanol–water partition coefficient (Wildman–Crippen LogP) is 6.04. The first-order valence-corrected chi connectivity index (χ1v) is 9.99. The molecule has 0 amide bonds. The van der Waals surface area contributed by atoms with Crippen molar-refractivity contribution < 1.29 is 13.9 Å². The largest absolute Gasteiger partial charge is 0.494 e. The van der Waals surface area contributed by atoms with Gasteiger partial charge in [0.05, 0.1) is 24.0 Å². The number of fused-ring (bicyclic) bond motifs is 1. The maximum atomic E-state index is 12.9. The van der Waals surface area contributed by atoms with E-state index in [-0.39, 0.29) is 5.43 Å². The molecule has 2 aromatic carbocycles. The fourth-order valence-corrected chi connectivity index (χ4v) is 3.47. The minimum Gasteiger partial charge on any atom is -0.494 e. The highest BCUT2D eigenvalue weighted by Gasteiger charge is 2.16. The molecule has 0 saturated carbocycles. The molecule has 0 bridgehead atoms. The molecule has 1 heterocycles. The van der Waals surface area contributed by atoms with Gasteiger partial charge in [-0.15, -0.1) is 0 Å². The van der Waals surface area contributed by atoms with Crippen LogP contribution in [0.3, 0.4) is 0 Å². The maximum absolute atomic E-state index is 12.9. The topological polar surface area (TPSA) is 48.7 Å². The van der Waals surface area contributed by atoms with E-state index in [1.54, 1.807) is 6.07 Å². The molecule has 0 aliphatic rings. The third-order valence-corrected chi connectivity index (χ3v) is 4.83. The van der Waals surface area contributed by atoms with Crippen LogP contribution in [0.15, 0.2) is 45.6 Å². The van der Waals surface area contributed by atoms with Gasteiger partial charge in [-0.3, -0.25) is 4.79 Å². The number of hydrogen-bond acceptors (Lipinski definition) is 4. The third-order valence-electron chi connectivity index (χ3n) is 4.83. The van der Waals surface area contributed by atoms with E-state index < -0.39 is 0 Å². The Morgan fingerprint density at radius 2 is 1.57 bits per heavy atom. The summed E-state index contributed by atoms with van der Waals surface area (Å²) >= 11 is 0. The Morgan fingerprint density at radius 3 is 2.25 bits per heavy atom. The van der Waals surface area contributed by atoms with Gasteiger partial charge in [0.1, 0.15) is 23.0 Å². The van der Waals surface area contributed by atoms with Crippen molar-refractivity contribution in [1.82, 2.24) is 0 Å². The Balaban J connectivity index is 2.00. The van der Waals surface area contributed by atoms with Gasteiger partial charge in [0.2, 0.25) is 0 Å². The van der Waals surface area contributed by atoms with Crippen LogP contribution in [0, 0.1) is 13.8 Å². The van der Waals surface area contributed by atoms with Crippen molar-refractivity contribution >= 4 is 10.8 Å². The van der Waals surface area contributed by atoms with Crippen molar-refractivity contribution in [2.45, 2.75) is 47.0 Å². The van der Waals surface area contributed by atoms with Gasteiger partial charge in [-0.25, -0.2) is 0 Å². The summed E-state index contributed by atoms with van der Waals surface area (Å²) in [6.45, 7) is 9.03. The summed E-state index contributed by atoms with van der Waals surface area (Å²) in [6.07, 6.45) is 3.41. The zero-order valence-corrected chi connectivity index (χ0v) is 17.1. The van der Waals surface area contributed by atoms with E-state index in [1.807, 2.05) is 51.1 Å². The molecule has 28 heavy (non-hydrogen) atoms. The molecule has 0 aliphatic heterocycles. The van der Waals surface area contributed by atoms with Crippen LogP contribution >= 0.6 is 0 Å². The van der Waals surface area contributed by atoms with Crippen LogP contribution in [0.2, 0.25) is 0 Å². The van der Waals surface area contributed by atoms with E-state index in [4.69, 9.17) is 13.9 Å². The standard InChI is InChI=1S/C24H28O4/c1-5-7-8-13-27-20-11-9-18(10-12-20)19-14-21(25)23-16(3)28-17(4)24(23)22(15-19)26-6-2/h9-12,14-15H,5-8,13H2,1-4H3. The SMILES string of the molecule is CCCCCOc1ccc(-c2cc(OCC)c3c(C)oc(C)c3c(=O)c2)cc1. The minimum atomic E-state index is -0.0646. The molecule has 0 aliphatic carbocycles. The Kier molecular flexibility index (Phi) is 6.40. The molecular formula is C24H28O4. The van der Waals surface area contributed by atoms with Crippen LogP contribution in [0.5, 0.6) is 11.5 Å². The molecule has 0 saturated heterocycles. The van der Waals surface area contributed by atoms with Crippen LogP contribution in [-0.2, 0) is 0 Å². The number of furan rings is 1. The first-order chi connectivity index (χ1) is 13.5. The zero-order chi connectivity index (χ0) is 20.1. The second kappa shape index (κ2) is 8.96. The number of ether oxygens (including phenoxy) is 2. The first kappa shape index (κ1) is 20.0. The summed E-state index contributed by atoms with van der Waals surface area (Å²) in [5, 5.41) is 1.34. The van der Waals surface area contributed by atoms with E-state index in [0.29, 0.717) is 29.3 Å². The van der Waals surface area contributed by atoms with E-state index in [2.05, 4.69) is 6.92 Å². The lowest BCUT2D eigenvalue weighted by Crippen LogP contribution is -1.97. The average Bonchev–Trinajstić information content (AvgIpc) is 2.89. The molecule has 1 aromatic heterocycles. The lowest BCUT2D eigenvalue weighted by Gasteiger charge is -2.07. The van der Waals surface area contributed by atoms with Gasteiger partial charge in [-0.1, -0.05) is 31.9 Å². The average molecular weight is 380 g/mol. The van der Waals surface area contributed by atoms with Gasteiger partial charge in [0.15, 0.2) is 5.43 Å². The highest BCUT2D eigenvalue weighted by molar-refractivity contribution is 5.92. The monoisotopic (exact) mass is 380 g/mol. The number of unbranched alkanes of at least 4 members (excludes halogenated alkanes) is 2. The van der Waals surface area contributed by atoms with Gasteiger partial charge >= 0.3 is 0 Å². The summed E-state index contributed by atoms with van der Waals surface area (Å²) in [4.78, 5) is 12.9. The van der Waals surface area contributed by atoms with Crippen molar-refractivity contribution in [3.05, 3.63) is 58.1 Å². The quantitative estimate of drug-likeness (QED) is 0.447. The van der Waals surface area contributed by atoms with Gasteiger partial charge < -0.3 is 13.9 Å². The Hall–Kier alpha value is -2.75. The van der Waals surface area contributed by atoms with Gasteiger partial charge in [0, 0.05) is 0 Å². The second-order valence-corrected chi connectivity index (χ2v) is 6.95. The maximum Gasteiger partial charge on any atom is 0.190 e. The van der Waals surface area contributed by atoms with Crippen molar-refractivity contribution in [2.24, 2.45) is 0 Å². The number of benzene rings is 1. The molecule has 0 fully saturated rings. The van der Waals surface area contributed by atoms with Gasteiger partial charge in [-0.2, -0.15) is 0 Å². The van der Waals surface area contributed by atoms with Crippen LogP contribution in [-0.4, -0.2) is 13.2 Å². The van der Waals surface area contributed by atoms with E-state index >= 15 is 0 Å². The van der Waals surface area contributed by atoms with Crippen LogP contribution in [0.4, 0.5) is 0 Å². The minimum absolute atomic E-state index is 0.0646. The lowest BCUT2D eigenvalue weighted by molar-refractivity contribution is 0.306. The Bertz CT molecular complexity index is 1000. The molecule has 3 aromatic rings. The molecule has 148 valence electrons. The molecule has 4 nitrogen and oxygen atoms in total. The van der Waals surface area contributed by atoms with E-state index in [0.717, 1.165) is 35.3 Å². The number of hydrogen-bond donors (Lipinski definition) is 0. The fourth-order valence-electron chi connectivity index (χ4n) is 3.47. The molecule has 0 spiro atoms. The summed E-state index contributed by atoms with van der Waals surface area (Å²) in [5.41, 5.74) is 1.70. The molecular weight excluding hydrogens is 352 g/mol. The van der Waals surface area contributed by atoms with Crippen molar-refractivity contribution in [3.63, 3.8) is 0 Å². The van der Waals surface area contributed by atoms with Crippen molar-refractivity contribution in [1.29, 1.82) is 0 Å². The highest BCUT2D eigenvalue weighted by atomic mass is 16.5. The molecule has 0 atom stereocenters. The second-order valence-electron chi connectivity index (χ2n) is 6.95. The summed E-state index contributed by atoms with van der Waals surface area (Å²) in [7, 11) is 0. The molecule has 0 radical (unpaired) electrons. The number of aryl methyl sites for hydroxylation is 2. The van der Waals surface area contributed by atoms with Crippen LogP contribution in [0.1, 0.15) is 44.6 Å². The predicted molar refractivity (Wildman–Crippen MR) is 114 cm³/mol. The first-order valence-electron chi connectivity index (χ1n) is 9.99. The Morgan fingerprint density at radius 1 is 0.857 bits per heavy atom. The summed E-state index contributed by atoms with van der Waals surface area (Å²) in [6, 6.07) is 11.4. The van der Waals surface area contributed by atoms with E-state index in [1.165, 1.54) is 12.8 Å². The molecule has 0 unspecified atom stereocenters. The summed E-state index contributed by atoms with van der Waals surface area (Å²) in [5.74, 6) is 2.84. The lowest BCUT2D eigenvalue weighted by atomic mass is 10.1. The molecule has 0 N–H and O–H groups in total. The van der Waals surface area contributed by atoms with Crippen molar-refractivity contribution in [2.75, 3.05) is 13.2 Å². The Labute approximate surface area is 166 Å². The third kappa shape index (κ3) is 4.22. The number of rotatable bonds is 8. The zero-order valence-electron chi connectivity index (χ0n) is 17.1. The van der Waals surface area contributed by atoms with Crippen LogP contribution < -0.4 is 14.9 Å². The highest BCUT2D eigenvalue weighted by Crippen LogP contribution is 2.33. The normalized spacial score (nSPS) is 11.0. The van der Waals surface area contributed by atoms with E-state index in [9.17, 15) is 4.79 Å².